The van der Waals surface area contributed by atoms with Crippen LogP contribution < -0.4 is 5.32 Å². The molecule has 0 spiro atoms. The van der Waals surface area contributed by atoms with Gasteiger partial charge in [-0.2, -0.15) is 0 Å². The van der Waals surface area contributed by atoms with Gasteiger partial charge < -0.3 is 15.0 Å². The van der Waals surface area contributed by atoms with Crippen molar-refractivity contribution in [2.75, 3.05) is 19.4 Å². The van der Waals surface area contributed by atoms with Crippen molar-refractivity contribution in [3.63, 3.8) is 0 Å². The highest BCUT2D eigenvalue weighted by Gasteiger charge is 2.40. The summed E-state index contributed by atoms with van der Waals surface area (Å²) in [4.78, 5) is 17.5. The molecule has 1 N–H and O–H groups in total. The van der Waals surface area contributed by atoms with E-state index in [1.54, 1.807) is 20.3 Å². The van der Waals surface area contributed by atoms with E-state index in [4.69, 9.17) is 4.74 Å². The van der Waals surface area contributed by atoms with Crippen molar-refractivity contribution in [3.8, 4) is 0 Å². The van der Waals surface area contributed by atoms with E-state index in [2.05, 4.69) is 10.3 Å². The Labute approximate surface area is 113 Å². The van der Waals surface area contributed by atoms with E-state index in [0.717, 1.165) is 18.5 Å². The van der Waals surface area contributed by atoms with Gasteiger partial charge in [0.15, 0.2) is 0 Å². The molecule has 0 radical (unpaired) electrons. The Hall–Kier alpha value is -1.62. The van der Waals surface area contributed by atoms with Gasteiger partial charge in [0.25, 0.3) is 5.91 Å². The van der Waals surface area contributed by atoms with Crippen LogP contribution in [0.15, 0.2) is 18.3 Å². The molecule has 2 aliphatic heterocycles. The average molecular weight is 261 g/mol. The quantitative estimate of drug-likeness (QED) is 0.896. The zero-order valence-corrected chi connectivity index (χ0v) is 11.3. The van der Waals surface area contributed by atoms with E-state index in [-0.39, 0.29) is 5.91 Å². The average Bonchev–Trinajstić information content (AvgIpc) is 3.00. The maximum Gasteiger partial charge on any atom is 0.272 e. The van der Waals surface area contributed by atoms with Gasteiger partial charge in [-0.05, 0) is 31.4 Å². The van der Waals surface area contributed by atoms with Gasteiger partial charge >= 0.3 is 0 Å². The SMILES string of the molecule is CN(C)C(=O)c1cc(NC2CC3CCC2O3)ccn1. The predicted molar refractivity (Wildman–Crippen MR) is 72.2 cm³/mol. The van der Waals surface area contributed by atoms with Crippen molar-refractivity contribution in [1.82, 2.24) is 9.88 Å². The van der Waals surface area contributed by atoms with Crippen LogP contribution in [0.2, 0.25) is 0 Å². The summed E-state index contributed by atoms with van der Waals surface area (Å²) in [5.41, 5.74) is 1.42. The molecule has 5 nitrogen and oxygen atoms in total. The number of nitrogens with zero attached hydrogens (tertiary/aromatic N) is 2. The highest BCUT2D eigenvalue weighted by Crippen LogP contribution is 2.35. The molecular weight excluding hydrogens is 242 g/mol. The smallest absolute Gasteiger partial charge is 0.272 e. The molecule has 3 heterocycles. The van der Waals surface area contributed by atoms with Gasteiger partial charge in [0, 0.05) is 26.0 Å². The third kappa shape index (κ3) is 2.42. The van der Waals surface area contributed by atoms with E-state index < -0.39 is 0 Å². The molecule has 1 aromatic rings. The second kappa shape index (κ2) is 4.81. The normalized spacial score (nSPS) is 28.4. The molecule has 2 aliphatic rings. The van der Waals surface area contributed by atoms with Gasteiger partial charge in [-0.3, -0.25) is 9.78 Å². The molecule has 102 valence electrons. The summed E-state index contributed by atoms with van der Waals surface area (Å²) in [6.45, 7) is 0. The van der Waals surface area contributed by atoms with Crippen LogP contribution in [0, 0.1) is 0 Å². The van der Waals surface area contributed by atoms with Crippen LogP contribution in [0.4, 0.5) is 5.69 Å². The van der Waals surface area contributed by atoms with Crippen molar-refractivity contribution < 1.29 is 9.53 Å². The van der Waals surface area contributed by atoms with Crippen molar-refractivity contribution in [2.45, 2.75) is 37.5 Å². The largest absolute Gasteiger partial charge is 0.379 e. The summed E-state index contributed by atoms with van der Waals surface area (Å²) in [6, 6.07) is 4.08. The fraction of sp³-hybridized carbons (Fsp3) is 0.571. The number of hydrogen-bond donors (Lipinski definition) is 1. The van der Waals surface area contributed by atoms with Gasteiger partial charge in [-0.15, -0.1) is 0 Å². The van der Waals surface area contributed by atoms with Crippen LogP contribution in [0.1, 0.15) is 29.8 Å². The summed E-state index contributed by atoms with van der Waals surface area (Å²) in [6.07, 6.45) is 5.80. The molecule has 3 atom stereocenters. The number of rotatable bonds is 3. The molecule has 5 heteroatoms. The fourth-order valence-electron chi connectivity index (χ4n) is 2.87. The lowest BCUT2D eigenvalue weighted by Gasteiger charge is -2.21. The topological polar surface area (TPSA) is 54.5 Å². The van der Waals surface area contributed by atoms with Crippen LogP contribution in [0.3, 0.4) is 0 Å². The number of anilines is 1. The molecule has 2 saturated heterocycles. The highest BCUT2D eigenvalue weighted by molar-refractivity contribution is 5.92. The number of fused-ring (bicyclic) bond motifs is 2. The molecule has 3 rings (SSSR count). The lowest BCUT2D eigenvalue weighted by atomic mass is 9.95. The van der Waals surface area contributed by atoms with Crippen molar-refractivity contribution in [3.05, 3.63) is 24.0 Å². The number of hydrogen-bond acceptors (Lipinski definition) is 4. The van der Waals surface area contributed by atoms with E-state index in [1.807, 2.05) is 12.1 Å². The standard InChI is InChI=1S/C14H19N3O2/c1-17(2)14(18)12-7-9(5-6-15-12)16-11-8-10-3-4-13(11)19-10/h5-7,10-11,13H,3-4,8H2,1-2H3,(H,15,16). The minimum atomic E-state index is -0.0761. The number of ether oxygens (including phenoxy) is 1. The number of aromatic nitrogens is 1. The second-order valence-corrected chi connectivity index (χ2v) is 5.49. The zero-order valence-electron chi connectivity index (χ0n) is 11.3. The number of nitrogens with one attached hydrogen (secondary N) is 1. The van der Waals surface area contributed by atoms with E-state index in [9.17, 15) is 4.79 Å². The third-order valence-corrected chi connectivity index (χ3v) is 3.84. The van der Waals surface area contributed by atoms with E-state index >= 15 is 0 Å². The summed E-state index contributed by atoms with van der Waals surface area (Å²) in [5, 5.41) is 3.47. The highest BCUT2D eigenvalue weighted by atomic mass is 16.5. The maximum atomic E-state index is 11.9. The van der Waals surface area contributed by atoms with Gasteiger partial charge in [-0.25, -0.2) is 0 Å². The maximum absolute atomic E-state index is 11.9. The van der Waals surface area contributed by atoms with Crippen LogP contribution in [-0.4, -0.2) is 48.1 Å². The second-order valence-electron chi connectivity index (χ2n) is 5.49. The minimum absolute atomic E-state index is 0.0761. The Morgan fingerprint density at radius 3 is 2.95 bits per heavy atom. The first-order valence-corrected chi connectivity index (χ1v) is 6.73. The van der Waals surface area contributed by atoms with Gasteiger partial charge in [0.05, 0.1) is 18.2 Å². The van der Waals surface area contributed by atoms with E-state index in [0.29, 0.717) is 23.9 Å². The van der Waals surface area contributed by atoms with Crippen LogP contribution in [0.5, 0.6) is 0 Å². The molecule has 2 bridgehead atoms. The Kier molecular flexibility index (Phi) is 3.14. The van der Waals surface area contributed by atoms with Crippen LogP contribution in [-0.2, 0) is 4.74 Å². The minimum Gasteiger partial charge on any atom is -0.379 e. The third-order valence-electron chi connectivity index (χ3n) is 3.84. The Morgan fingerprint density at radius 1 is 1.47 bits per heavy atom. The molecule has 0 aromatic carbocycles. The molecule has 0 aliphatic carbocycles. The molecule has 1 amide bonds. The first kappa shape index (κ1) is 12.4. The van der Waals surface area contributed by atoms with E-state index in [1.165, 1.54) is 11.3 Å². The van der Waals surface area contributed by atoms with Gasteiger partial charge in [-0.1, -0.05) is 0 Å². The Balaban J connectivity index is 1.71. The Bertz CT molecular complexity index is 489. The first-order chi connectivity index (χ1) is 9.13. The molecule has 3 unspecified atom stereocenters. The van der Waals surface area contributed by atoms with Crippen molar-refractivity contribution in [1.29, 1.82) is 0 Å². The molecule has 1 aromatic heterocycles. The monoisotopic (exact) mass is 261 g/mol. The first-order valence-electron chi connectivity index (χ1n) is 6.73. The summed E-state index contributed by atoms with van der Waals surface area (Å²) >= 11 is 0. The number of pyridine rings is 1. The number of amides is 1. The molecular formula is C14H19N3O2. The summed E-state index contributed by atoms with van der Waals surface area (Å²) < 4.78 is 5.82. The van der Waals surface area contributed by atoms with Crippen LogP contribution >= 0.6 is 0 Å². The summed E-state index contributed by atoms with van der Waals surface area (Å²) in [5.74, 6) is -0.0761. The Morgan fingerprint density at radius 2 is 2.32 bits per heavy atom. The number of carbonyl (C=O) groups is 1. The molecule has 2 fully saturated rings. The predicted octanol–water partition coefficient (Wildman–Crippen LogP) is 1.52. The fourth-order valence-corrected chi connectivity index (χ4v) is 2.87. The van der Waals surface area contributed by atoms with Gasteiger partial charge in [0.2, 0.25) is 0 Å². The lowest BCUT2D eigenvalue weighted by molar-refractivity contribution is 0.0822. The lowest BCUT2D eigenvalue weighted by Crippen LogP contribution is -2.30. The summed E-state index contributed by atoms with van der Waals surface area (Å²) in [7, 11) is 3.46. The molecule has 19 heavy (non-hydrogen) atoms. The molecule has 0 saturated carbocycles. The van der Waals surface area contributed by atoms with Crippen molar-refractivity contribution >= 4 is 11.6 Å². The van der Waals surface area contributed by atoms with Crippen molar-refractivity contribution in [2.24, 2.45) is 0 Å². The zero-order chi connectivity index (χ0) is 13.4. The van der Waals surface area contributed by atoms with Crippen LogP contribution in [0.25, 0.3) is 0 Å². The van der Waals surface area contributed by atoms with Gasteiger partial charge in [0.1, 0.15) is 5.69 Å². The number of carbonyl (C=O) groups excluding carboxylic acids is 1.